The van der Waals surface area contributed by atoms with Crippen LogP contribution in [0.15, 0.2) is 28.7 Å². The lowest BCUT2D eigenvalue weighted by atomic mass is 10.1. The molecule has 0 saturated carbocycles. The third-order valence-electron chi connectivity index (χ3n) is 2.66. The van der Waals surface area contributed by atoms with E-state index in [4.69, 9.17) is 5.26 Å². The van der Waals surface area contributed by atoms with E-state index < -0.39 is 0 Å². The molecule has 0 spiro atoms. The Morgan fingerprint density at radius 1 is 1.50 bits per heavy atom. The minimum Gasteiger partial charge on any atom is -0.306 e. The van der Waals surface area contributed by atoms with Gasteiger partial charge in [-0.1, -0.05) is 35.0 Å². The minimum atomic E-state index is 0.274. The molecular formula is C13H17BrN2. The third-order valence-corrected chi connectivity index (χ3v) is 3.16. The molecule has 0 aliphatic heterocycles. The summed E-state index contributed by atoms with van der Waals surface area (Å²) in [7, 11) is 0. The van der Waals surface area contributed by atoms with Gasteiger partial charge in [0.05, 0.1) is 12.5 Å². The summed E-state index contributed by atoms with van der Waals surface area (Å²) < 4.78 is 1.09. The van der Waals surface area contributed by atoms with Crippen LogP contribution in [0.4, 0.5) is 0 Å². The molecule has 0 bridgehead atoms. The number of nitrogens with one attached hydrogen (secondary N) is 1. The predicted molar refractivity (Wildman–Crippen MR) is 70.0 cm³/mol. The van der Waals surface area contributed by atoms with Crippen LogP contribution >= 0.6 is 15.9 Å². The molecule has 2 atom stereocenters. The summed E-state index contributed by atoms with van der Waals surface area (Å²) in [5.74, 6) is 0. The maximum atomic E-state index is 8.70. The maximum absolute atomic E-state index is 8.70. The lowest BCUT2D eigenvalue weighted by Crippen LogP contribution is -2.30. The van der Waals surface area contributed by atoms with E-state index in [1.165, 1.54) is 5.56 Å². The van der Waals surface area contributed by atoms with Crippen LogP contribution in [0.25, 0.3) is 0 Å². The highest BCUT2D eigenvalue weighted by atomic mass is 79.9. The molecule has 0 fully saturated rings. The fourth-order valence-electron chi connectivity index (χ4n) is 1.66. The zero-order valence-corrected chi connectivity index (χ0v) is 11.3. The van der Waals surface area contributed by atoms with Gasteiger partial charge in [0.25, 0.3) is 0 Å². The standard InChI is InChI=1S/C13H17BrN2/c1-3-13(7-8-15)16-10(2)11-5-4-6-12(14)9-11/h4-6,9-10,13,16H,3,7H2,1-2H3/t10-,13?/m0/s1. The Labute approximate surface area is 106 Å². The molecule has 1 aromatic carbocycles. The lowest BCUT2D eigenvalue weighted by molar-refractivity contribution is 0.448. The first-order valence-corrected chi connectivity index (χ1v) is 6.35. The highest BCUT2D eigenvalue weighted by molar-refractivity contribution is 9.10. The van der Waals surface area contributed by atoms with Gasteiger partial charge in [0.1, 0.15) is 0 Å². The first kappa shape index (κ1) is 13.2. The SMILES string of the molecule is CCC(CC#N)N[C@@H](C)c1cccc(Br)c1. The van der Waals surface area contributed by atoms with Crippen LogP contribution < -0.4 is 5.32 Å². The first-order chi connectivity index (χ1) is 7.67. The van der Waals surface area contributed by atoms with Gasteiger partial charge in [-0.3, -0.25) is 0 Å². The van der Waals surface area contributed by atoms with Gasteiger partial charge in [0.15, 0.2) is 0 Å². The van der Waals surface area contributed by atoms with E-state index in [9.17, 15) is 0 Å². The molecule has 1 unspecified atom stereocenters. The van der Waals surface area contributed by atoms with Crippen LogP contribution in [0, 0.1) is 11.3 Å². The van der Waals surface area contributed by atoms with Gasteiger partial charge in [-0.15, -0.1) is 0 Å². The molecule has 1 rings (SSSR count). The molecule has 0 radical (unpaired) electrons. The second-order valence-corrected chi connectivity index (χ2v) is 4.83. The second-order valence-electron chi connectivity index (χ2n) is 3.91. The number of hydrogen-bond acceptors (Lipinski definition) is 2. The molecule has 0 aliphatic rings. The van der Waals surface area contributed by atoms with E-state index in [1.807, 2.05) is 12.1 Å². The largest absolute Gasteiger partial charge is 0.306 e. The van der Waals surface area contributed by atoms with E-state index in [2.05, 4.69) is 53.3 Å². The monoisotopic (exact) mass is 280 g/mol. The van der Waals surface area contributed by atoms with Gasteiger partial charge in [-0.05, 0) is 31.0 Å². The van der Waals surface area contributed by atoms with Crippen LogP contribution in [0.2, 0.25) is 0 Å². The van der Waals surface area contributed by atoms with Crippen molar-refractivity contribution in [3.63, 3.8) is 0 Å². The summed E-state index contributed by atoms with van der Waals surface area (Å²) >= 11 is 3.46. The van der Waals surface area contributed by atoms with E-state index in [0.29, 0.717) is 6.42 Å². The van der Waals surface area contributed by atoms with Crippen molar-refractivity contribution in [3.8, 4) is 6.07 Å². The number of halogens is 1. The van der Waals surface area contributed by atoms with Gasteiger partial charge in [-0.2, -0.15) is 5.26 Å². The first-order valence-electron chi connectivity index (χ1n) is 5.55. The molecule has 16 heavy (non-hydrogen) atoms. The summed E-state index contributed by atoms with van der Waals surface area (Å²) in [5, 5.41) is 12.2. The van der Waals surface area contributed by atoms with Crippen molar-refractivity contribution in [1.82, 2.24) is 5.32 Å². The van der Waals surface area contributed by atoms with Gasteiger partial charge >= 0.3 is 0 Å². The molecule has 0 saturated heterocycles. The molecule has 0 aliphatic carbocycles. The number of nitrogens with zero attached hydrogens (tertiary/aromatic N) is 1. The normalized spacial score (nSPS) is 14.1. The van der Waals surface area contributed by atoms with Crippen LogP contribution in [0.3, 0.4) is 0 Å². The van der Waals surface area contributed by atoms with E-state index in [0.717, 1.165) is 10.9 Å². The average Bonchev–Trinajstić information content (AvgIpc) is 2.28. The number of hydrogen-bond donors (Lipinski definition) is 1. The predicted octanol–water partition coefficient (Wildman–Crippen LogP) is 3.79. The Balaban J connectivity index is 2.64. The van der Waals surface area contributed by atoms with Crippen LogP contribution in [0.1, 0.15) is 38.3 Å². The molecule has 0 heterocycles. The van der Waals surface area contributed by atoms with Gasteiger partial charge in [-0.25, -0.2) is 0 Å². The Bertz CT molecular complexity index is 370. The Morgan fingerprint density at radius 3 is 2.81 bits per heavy atom. The summed E-state index contributed by atoms with van der Waals surface area (Å²) in [6, 6.07) is 11.0. The molecule has 1 aromatic rings. The summed E-state index contributed by atoms with van der Waals surface area (Å²) in [6.45, 7) is 4.23. The molecule has 86 valence electrons. The molecule has 3 heteroatoms. The van der Waals surface area contributed by atoms with E-state index >= 15 is 0 Å². The minimum absolute atomic E-state index is 0.274. The highest BCUT2D eigenvalue weighted by Crippen LogP contribution is 2.18. The van der Waals surface area contributed by atoms with Crippen molar-refractivity contribution >= 4 is 15.9 Å². The van der Waals surface area contributed by atoms with E-state index in [1.54, 1.807) is 0 Å². The fraction of sp³-hybridized carbons (Fsp3) is 0.462. The van der Waals surface area contributed by atoms with Crippen molar-refractivity contribution in [3.05, 3.63) is 34.3 Å². The lowest BCUT2D eigenvalue weighted by Gasteiger charge is -2.20. The summed E-state index contributed by atoms with van der Waals surface area (Å²) in [4.78, 5) is 0. The van der Waals surface area contributed by atoms with Crippen molar-refractivity contribution in [2.45, 2.75) is 38.8 Å². The third kappa shape index (κ3) is 3.96. The van der Waals surface area contributed by atoms with Gasteiger partial charge in [0, 0.05) is 16.6 Å². The Hall–Kier alpha value is -0.850. The topological polar surface area (TPSA) is 35.8 Å². The fourth-order valence-corrected chi connectivity index (χ4v) is 2.07. The molecule has 0 amide bonds. The second kappa shape index (κ2) is 6.67. The average molecular weight is 281 g/mol. The molecule has 1 N–H and O–H groups in total. The van der Waals surface area contributed by atoms with Crippen LogP contribution in [-0.2, 0) is 0 Å². The smallest absolute Gasteiger partial charge is 0.0638 e. The summed E-state index contributed by atoms with van der Waals surface area (Å²) in [5.41, 5.74) is 1.24. The van der Waals surface area contributed by atoms with Crippen LogP contribution in [0.5, 0.6) is 0 Å². The quantitative estimate of drug-likeness (QED) is 0.891. The van der Waals surface area contributed by atoms with Gasteiger partial charge in [0.2, 0.25) is 0 Å². The maximum Gasteiger partial charge on any atom is 0.0638 e. The van der Waals surface area contributed by atoms with Crippen molar-refractivity contribution in [1.29, 1.82) is 5.26 Å². The molecule has 2 nitrogen and oxygen atoms in total. The Kier molecular flexibility index (Phi) is 5.51. The number of benzene rings is 1. The van der Waals surface area contributed by atoms with E-state index in [-0.39, 0.29) is 12.1 Å². The Morgan fingerprint density at radius 2 is 2.25 bits per heavy atom. The van der Waals surface area contributed by atoms with Crippen molar-refractivity contribution in [2.24, 2.45) is 0 Å². The zero-order valence-electron chi connectivity index (χ0n) is 9.70. The van der Waals surface area contributed by atoms with Crippen LogP contribution in [-0.4, -0.2) is 6.04 Å². The molecular weight excluding hydrogens is 264 g/mol. The number of nitriles is 1. The zero-order chi connectivity index (χ0) is 12.0. The highest BCUT2D eigenvalue weighted by Gasteiger charge is 2.11. The number of rotatable bonds is 5. The van der Waals surface area contributed by atoms with Gasteiger partial charge < -0.3 is 5.32 Å². The molecule has 0 aromatic heterocycles. The van der Waals surface area contributed by atoms with Crippen molar-refractivity contribution in [2.75, 3.05) is 0 Å². The summed E-state index contributed by atoms with van der Waals surface area (Å²) in [6.07, 6.45) is 1.54. The van der Waals surface area contributed by atoms with Crippen molar-refractivity contribution < 1.29 is 0 Å².